The molecule has 1 aromatic carbocycles. The number of rotatable bonds is 4. The predicted octanol–water partition coefficient (Wildman–Crippen LogP) is 1.35. The first kappa shape index (κ1) is 16.0. The molecule has 0 aliphatic carbocycles. The summed E-state index contributed by atoms with van der Waals surface area (Å²) in [5, 5.41) is 11.4. The first-order valence-corrected chi connectivity index (χ1v) is 6.77. The number of carbonyl (C=O) groups excluding carboxylic acids is 1. The highest BCUT2D eigenvalue weighted by Crippen LogP contribution is 2.13. The van der Waals surface area contributed by atoms with Gasteiger partial charge in [0.2, 0.25) is 0 Å². The van der Waals surface area contributed by atoms with E-state index in [2.05, 4.69) is 15.3 Å². The van der Waals surface area contributed by atoms with Crippen molar-refractivity contribution in [1.29, 1.82) is 5.26 Å². The van der Waals surface area contributed by atoms with E-state index in [1.165, 1.54) is 12.4 Å². The number of nitrogens with zero attached hydrogens (tertiary/aromatic N) is 4. The highest BCUT2D eigenvalue weighted by Gasteiger charge is 2.05. The molecule has 7 nitrogen and oxygen atoms in total. The Hall–Kier alpha value is -3.40. The van der Waals surface area contributed by atoms with Crippen molar-refractivity contribution in [3.63, 3.8) is 0 Å². The fourth-order valence-electron chi connectivity index (χ4n) is 1.78. The van der Waals surface area contributed by atoms with Crippen LogP contribution in [0.15, 0.2) is 42.7 Å². The average molecular weight is 308 g/mol. The van der Waals surface area contributed by atoms with Crippen molar-refractivity contribution < 1.29 is 4.79 Å². The lowest BCUT2D eigenvalue weighted by Crippen LogP contribution is -2.15. The van der Waals surface area contributed by atoms with Crippen molar-refractivity contribution >= 4 is 23.2 Å². The van der Waals surface area contributed by atoms with Crippen LogP contribution in [-0.2, 0) is 4.79 Å². The largest absolute Gasteiger partial charge is 0.398 e. The summed E-state index contributed by atoms with van der Waals surface area (Å²) < 4.78 is 0. The van der Waals surface area contributed by atoms with E-state index in [4.69, 9.17) is 11.0 Å². The van der Waals surface area contributed by atoms with Crippen LogP contribution in [0.1, 0.15) is 11.1 Å². The molecule has 0 saturated heterocycles. The third-order valence-electron chi connectivity index (χ3n) is 3.00. The molecule has 3 N–H and O–H groups in total. The van der Waals surface area contributed by atoms with E-state index in [1.54, 1.807) is 35.2 Å². The molecule has 0 atom stereocenters. The fraction of sp³-hybridized carbons (Fsp3) is 0.125. The number of amides is 1. The van der Waals surface area contributed by atoms with E-state index in [-0.39, 0.29) is 0 Å². The molecule has 1 aromatic heterocycles. The third-order valence-corrected chi connectivity index (χ3v) is 3.00. The number of benzene rings is 1. The van der Waals surface area contributed by atoms with Crippen molar-refractivity contribution in [2.45, 2.75) is 0 Å². The smallest absolute Gasteiger partial charge is 0.251 e. The second-order valence-corrected chi connectivity index (χ2v) is 4.93. The normalized spacial score (nSPS) is 10.7. The Bertz CT molecular complexity index is 774. The van der Waals surface area contributed by atoms with Crippen molar-refractivity contribution in [1.82, 2.24) is 9.97 Å². The second-order valence-electron chi connectivity index (χ2n) is 4.93. The number of anilines is 2. The molecule has 0 unspecified atom stereocenters. The summed E-state index contributed by atoms with van der Waals surface area (Å²) in [4.78, 5) is 21.9. The summed E-state index contributed by atoms with van der Waals surface area (Å²) >= 11 is 0. The second kappa shape index (κ2) is 7.04. The van der Waals surface area contributed by atoms with Gasteiger partial charge in [0.25, 0.3) is 5.91 Å². The Morgan fingerprint density at radius 2 is 2.00 bits per heavy atom. The minimum Gasteiger partial charge on any atom is -0.398 e. The molecular weight excluding hydrogens is 292 g/mol. The molecule has 0 bridgehead atoms. The van der Waals surface area contributed by atoms with Crippen LogP contribution in [0.2, 0.25) is 0 Å². The molecule has 1 amide bonds. The van der Waals surface area contributed by atoms with Gasteiger partial charge >= 0.3 is 0 Å². The molecule has 0 aliphatic rings. The number of aromatic nitrogens is 2. The summed E-state index contributed by atoms with van der Waals surface area (Å²) in [5.74, 6) is 0.673. The Morgan fingerprint density at radius 1 is 1.30 bits per heavy atom. The topological polar surface area (TPSA) is 108 Å². The first-order chi connectivity index (χ1) is 11.0. The van der Waals surface area contributed by atoms with Crippen LogP contribution < -0.4 is 16.0 Å². The number of nitrogens with one attached hydrogen (secondary N) is 1. The molecule has 2 rings (SSSR count). The summed E-state index contributed by atoms with van der Waals surface area (Å²) in [6, 6.07) is 10.3. The zero-order valence-corrected chi connectivity index (χ0v) is 12.8. The summed E-state index contributed by atoms with van der Waals surface area (Å²) in [6.07, 6.45) is 2.65. The van der Waals surface area contributed by atoms with Gasteiger partial charge < -0.3 is 16.0 Å². The summed E-state index contributed by atoms with van der Waals surface area (Å²) in [7, 11) is 3.69. The monoisotopic (exact) mass is 308 g/mol. The van der Waals surface area contributed by atoms with Crippen molar-refractivity contribution in [2.24, 2.45) is 5.73 Å². The van der Waals surface area contributed by atoms with E-state index >= 15 is 0 Å². The van der Waals surface area contributed by atoms with Gasteiger partial charge in [0.1, 0.15) is 18.0 Å². The van der Waals surface area contributed by atoms with Crippen LogP contribution in [0.3, 0.4) is 0 Å². The molecular formula is C16H16N6O. The van der Waals surface area contributed by atoms with Crippen molar-refractivity contribution in [3.8, 4) is 6.07 Å². The molecule has 0 spiro atoms. The van der Waals surface area contributed by atoms with Gasteiger partial charge in [-0.1, -0.05) is 12.1 Å². The third kappa shape index (κ3) is 4.28. The van der Waals surface area contributed by atoms with E-state index in [0.29, 0.717) is 28.5 Å². The maximum atomic E-state index is 12.0. The molecule has 0 radical (unpaired) electrons. The van der Waals surface area contributed by atoms with Crippen molar-refractivity contribution in [3.05, 3.63) is 53.9 Å². The van der Waals surface area contributed by atoms with Crippen LogP contribution in [0.25, 0.3) is 5.70 Å². The van der Waals surface area contributed by atoms with Crippen LogP contribution in [0.4, 0.5) is 11.6 Å². The highest BCUT2D eigenvalue weighted by atomic mass is 16.1. The van der Waals surface area contributed by atoms with Crippen molar-refractivity contribution in [2.75, 3.05) is 24.3 Å². The maximum absolute atomic E-state index is 12.0. The molecule has 2 aromatic rings. The van der Waals surface area contributed by atoms with E-state index in [0.717, 1.165) is 0 Å². The summed E-state index contributed by atoms with van der Waals surface area (Å²) in [6.45, 7) is 0. The molecule has 7 heteroatoms. The number of nitriles is 1. The number of carbonyl (C=O) groups is 1. The molecule has 0 saturated carbocycles. The van der Waals surface area contributed by atoms with Gasteiger partial charge in [0.15, 0.2) is 0 Å². The zero-order chi connectivity index (χ0) is 16.8. The van der Waals surface area contributed by atoms with Gasteiger partial charge in [-0.15, -0.1) is 0 Å². The van der Waals surface area contributed by atoms with Gasteiger partial charge in [-0.2, -0.15) is 5.26 Å². The van der Waals surface area contributed by atoms with Gasteiger partial charge in [0.05, 0.1) is 11.6 Å². The molecule has 1 heterocycles. The first-order valence-electron chi connectivity index (χ1n) is 6.77. The Morgan fingerprint density at radius 3 is 2.61 bits per heavy atom. The molecule has 0 aliphatic heterocycles. The Balaban J connectivity index is 2.11. The van der Waals surface area contributed by atoms with Gasteiger partial charge in [-0.25, -0.2) is 9.97 Å². The lowest BCUT2D eigenvalue weighted by molar-refractivity contribution is -0.111. The predicted molar refractivity (Wildman–Crippen MR) is 88.3 cm³/mol. The van der Waals surface area contributed by atoms with E-state index in [1.807, 2.05) is 20.2 Å². The van der Waals surface area contributed by atoms with Crippen LogP contribution in [-0.4, -0.2) is 30.0 Å². The quantitative estimate of drug-likeness (QED) is 0.825. The Kier molecular flexibility index (Phi) is 4.89. The molecule has 116 valence electrons. The molecule has 0 fully saturated rings. The fourth-order valence-corrected chi connectivity index (χ4v) is 1.78. The van der Waals surface area contributed by atoms with Crippen LogP contribution >= 0.6 is 0 Å². The number of hydrogen-bond acceptors (Lipinski definition) is 6. The van der Waals surface area contributed by atoms with Crippen LogP contribution in [0, 0.1) is 11.3 Å². The van der Waals surface area contributed by atoms with E-state index < -0.39 is 5.91 Å². The lowest BCUT2D eigenvalue weighted by atomic mass is 10.1. The minimum absolute atomic E-state index is 0.300. The average Bonchev–Trinajstić information content (AvgIpc) is 2.55. The maximum Gasteiger partial charge on any atom is 0.251 e. The molecule has 23 heavy (non-hydrogen) atoms. The summed E-state index contributed by atoms with van der Waals surface area (Å²) in [5.41, 5.74) is 7.39. The number of nitrogens with two attached hydrogens (primary N) is 1. The van der Waals surface area contributed by atoms with Gasteiger partial charge in [0, 0.05) is 31.9 Å². The minimum atomic E-state index is -0.393. The SMILES string of the molecule is CN(C)c1cc(NC(=O)C=C(N)c2ccc(C#N)cc2)ncn1. The standard InChI is InChI=1S/C16H16N6O/c1-22(2)15-8-14(19-10-20-15)21-16(23)7-13(18)12-5-3-11(9-17)4-6-12/h3-8,10H,18H2,1-2H3,(H,19,20,21,23). The van der Waals surface area contributed by atoms with Crippen LogP contribution in [0.5, 0.6) is 0 Å². The van der Waals surface area contributed by atoms with Gasteiger partial charge in [-0.05, 0) is 17.7 Å². The Labute approximate surface area is 134 Å². The number of hydrogen-bond donors (Lipinski definition) is 2. The van der Waals surface area contributed by atoms with E-state index in [9.17, 15) is 4.79 Å². The van der Waals surface area contributed by atoms with Gasteiger partial charge in [-0.3, -0.25) is 4.79 Å². The zero-order valence-electron chi connectivity index (χ0n) is 12.8. The highest BCUT2D eigenvalue weighted by molar-refractivity contribution is 6.03. The lowest BCUT2D eigenvalue weighted by Gasteiger charge is -2.11.